The van der Waals surface area contributed by atoms with Crippen molar-refractivity contribution >= 4 is 11.6 Å². The average Bonchev–Trinajstić information content (AvgIpc) is 3.43. The van der Waals surface area contributed by atoms with Crippen LogP contribution in [-0.2, 0) is 18.3 Å². The van der Waals surface area contributed by atoms with Gasteiger partial charge < -0.3 is 0 Å². The molecule has 8 aromatic carbocycles. The normalized spacial score (nSPS) is 15.3. The van der Waals surface area contributed by atoms with E-state index in [4.69, 9.17) is 11.6 Å². The van der Waals surface area contributed by atoms with Crippen LogP contribution in [0.4, 0.5) is 0 Å². The van der Waals surface area contributed by atoms with Crippen molar-refractivity contribution in [2.75, 3.05) is 0 Å². The molecule has 2 aliphatic rings. The third-order valence-corrected chi connectivity index (χ3v) is 11.7. The Morgan fingerprint density at radius 3 is 1.62 bits per heavy atom. The van der Waals surface area contributed by atoms with E-state index >= 15 is 0 Å². The predicted octanol–water partition coefficient (Wildman–Crippen LogP) is 13.5. The van der Waals surface area contributed by atoms with Gasteiger partial charge in [-0.25, -0.2) is 0 Å². The summed E-state index contributed by atoms with van der Waals surface area (Å²) in [4.78, 5) is 0. The first-order valence-electron chi connectivity index (χ1n) is 18.2. The zero-order valence-corrected chi connectivity index (χ0v) is 29.4. The third-order valence-electron chi connectivity index (χ3n) is 11.3. The molecule has 0 saturated carbocycles. The molecule has 0 saturated heterocycles. The molecule has 0 heterocycles. The van der Waals surface area contributed by atoms with Crippen LogP contribution in [0.3, 0.4) is 0 Å². The van der Waals surface area contributed by atoms with Gasteiger partial charge in [-0.1, -0.05) is 175 Å². The molecule has 10 rings (SSSR count). The Balaban J connectivity index is 1.25. The Hall–Kier alpha value is -5.95. The summed E-state index contributed by atoms with van der Waals surface area (Å²) in [6.45, 7) is 0. The minimum Gasteiger partial charge on any atom is -0.0837 e. The second-order valence-corrected chi connectivity index (χ2v) is 14.5. The maximum Gasteiger partial charge on any atom is 0.0719 e. The van der Waals surface area contributed by atoms with E-state index in [2.05, 4.69) is 182 Å². The summed E-state index contributed by atoms with van der Waals surface area (Å²) in [5.74, 6) is 0. The van der Waals surface area contributed by atoms with Crippen LogP contribution < -0.4 is 0 Å². The highest BCUT2D eigenvalue weighted by molar-refractivity contribution is 6.34. The number of halogens is 1. The van der Waals surface area contributed by atoms with Crippen molar-refractivity contribution in [2.24, 2.45) is 0 Å². The number of benzene rings is 8. The molecule has 0 aliphatic heterocycles. The number of aryl methyl sites for hydroxylation is 1. The van der Waals surface area contributed by atoms with Crippen LogP contribution in [0.25, 0.3) is 55.6 Å². The highest BCUT2D eigenvalue weighted by Gasteiger charge is 2.50. The van der Waals surface area contributed by atoms with E-state index in [0.717, 1.165) is 23.4 Å². The molecule has 1 spiro atoms. The summed E-state index contributed by atoms with van der Waals surface area (Å²) in [7, 11) is 0. The molecule has 246 valence electrons. The molecule has 52 heavy (non-hydrogen) atoms. The molecule has 2 aliphatic carbocycles. The van der Waals surface area contributed by atoms with Crippen molar-refractivity contribution in [3.05, 3.63) is 226 Å². The summed E-state index contributed by atoms with van der Waals surface area (Å²) in [6.07, 6.45) is 1.89. The minimum absolute atomic E-state index is 0.544. The Bertz CT molecular complexity index is 2630. The van der Waals surface area contributed by atoms with Crippen molar-refractivity contribution in [3.63, 3.8) is 0 Å². The lowest BCUT2D eigenvalue weighted by Crippen LogP contribution is -2.30. The number of rotatable bonds is 4. The van der Waals surface area contributed by atoms with Crippen LogP contribution in [0, 0.1) is 0 Å². The summed E-state index contributed by atoms with van der Waals surface area (Å²) in [6, 6.07) is 69.1. The smallest absolute Gasteiger partial charge is 0.0719 e. The molecular weight excluding hydrogens is 648 g/mol. The van der Waals surface area contributed by atoms with E-state index in [0.29, 0.717) is 0 Å². The van der Waals surface area contributed by atoms with Gasteiger partial charge in [0.1, 0.15) is 0 Å². The molecule has 0 nitrogen and oxygen atoms in total. The summed E-state index contributed by atoms with van der Waals surface area (Å²) >= 11 is 7.20. The molecule has 8 aromatic rings. The summed E-state index contributed by atoms with van der Waals surface area (Å²) in [5, 5.41) is 0.799. The number of fused-ring (bicyclic) bond motifs is 9. The molecule has 1 atom stereocenters. The van der Waals surface area contributed by atoms with Crippen LogP contribution in [0.15, 0.2) is 188 Å². The molecule has 0 radical (unpaired) electrons. The zero-order chi connectivity index (χ0) is 34.6. The second kappa shape index (κ2) is 12.4. The van der Waals surface area contributed by atoms with E-state index in [1.165, 1.54) is 83.5 Å². The second-order valence-electron chi connectivity index (χ2n) is 14.1. The maximum absolute atomic E-state index is 7.20. The van der Waals surface area contributed by atoms with Crippen molar-refractivity contribution < 1.29 is 0 Å². The molecular formula is C51H35Cl. The number of hydrogen-bond acceptors (Lipinski definition) is 0. The topological polar surface area (TPSA) is 0 Å². The molecule has 1 heteroatoms. The van der Waals surface area contributed by atoms with Gasteiger partial charge in [0.15, 0.2) is 0 Å². The van der Waals surface area contributed by atoms with Crippen molar-refractivity contribution in [2.45, 2.75) is 18.3 Å². The monoisotopic (exact) mass is 682 g/mol. The molecule has 1 unspecified atom stereocenters. The van der Waals surface area contributed by atoms with Gasteiger partial charge in [-0.2, -0.15) is 0 Å². The lowest BCUT2D eigenvalue weighted by atomic mass is 9.65. The van der Waals surface area contributed by atoms with E-state index < -0.39 is 5.41 Å². The van der Waals surface area contributed by atoms with E-state index in [9.17, 15) is 0 Å². The van der Waals surface area contributed by atoms with Crippen LogP contribution in [0.2, 0.25) is 5.02 Å². The first-order valence-corrected chi connectivity index (χ1v) is 18.5. The Morgan fingerprint density at radius 1 is 0.346 bits per heavy atom. The molecule has 0 aromatic heterocycles. The predicted molar refractivity (Wildman–Crippen MR) is 218 cm³/mol. The largest absolute Gasteiger partial charge is 0.0837 e. The highest BCUT2D eigenvalue weighted by atomic mass is 35.5. The Labute approximate surface area is 310 Å². The lowest BCUT2D eigenvalue weighted by Gasteiger charge is -2.36. The summed E-state index contributed by atoms with van der Waals surface area (Å²) in [5.41, 5.74) is 19.7. The van der Waals surface area contributed by atoms with Gasteiger partial charge >= 0.3 is 0 Å². The maximum atomic E-state index is 7.20. The standard InChI is InChI=1S/C51H35Cl/c52-49-26-12-25-47-50(49)44-21-7-8-23-46(44)51(47)45-24-11-22-42(41-20-10-18-38(32-41)35-15-5-2-6-16-35)43(45)30-29-36-27-28-40(33-48(36)51)39-19-9-17-37(31-39)34-13-3-1-4-14-34/h1-28,31-33H,29-30H2. The van der Waals surface area contributed by atoms with Crippen molar-refractivity contribution in [1.29, 1.82) is 0 Å². The van der Waals surface area contributed by atoms with Crippen LogP contribution in [0.5, 0.6) is 0 Å². The average molecular weight is 683 g/mol. The third kappa shape index (κ3) is 4.75. The highest BCUT2D eigenvalue weighted by Crippen LogP contribution is 2.60. The van der Waals surface area contributed by atoms with E-state index in [1.807, 2.05) is 6.07 Å². The van der Waals surface area contributed by atoms with E-state index in [1.54, 1.807) is 0 Å². The molecule has 0 fully saturated rings. The molecule has 0 bridgehead atoms. The van der Waals surface area contributed by atoms with E-state index in [-0.39, 0.29) is 0 Å². The fourth-order valence-corrected chi connectivity index (χ4v) is 9.35. The summed E-state index contributed by atoms with van der Waals surface area (Å²) < 4.78 is 0. The quantitative estimate of drug-likeness (QED) is 0.173. The van der Waals surface area contributed by atoms with Gasteiger partial charge in [0, 0.05) is 10.6 Å². The molecule has 0 amide bonds. The lowest BCUT2D eigenvalue weighted by molar-refractivity contribution is 0.763. The van der Waals surface area contributed by atoms with Gasteiger partial charge in [-0.3, -0.25) is 0 Å². The van der Waals surface area contributed by atoms with Gasteiger partial charge in [0.05, 0.1) is 5.41 Å². The SMILES string of the molecule is Clc1cccc2c1-c1ccccc1C21c2cc(-c3cccc(-c4ccccc4)c3)ccc2CCc2c(-c3cccc(-c4ccccc4)c3)cccc21. The van der Waals surface area contributed by atoms with Crippen LogP contribution >= 0.6 is 11.6 Å². The van der Waals surface area contributed by atoms with Gasteiger partial charge in [-0.15, -0.1) is 0 Å². The van der Waals surface area contributed by atoms with Crippen molar-refractivity contribution in [3.8, 4) is 55.6 Å². The minimum atomic E-state index is -0.544. The first-order chi connectivity index (χ1) is 25.7. The van der Waals surface area contributed by atoms with Gasteiger partial charge in [0.25, 0.3) is 0 Å². The Morgan fingerprint density at radius 2 is 0.865 bits per heavy atom. The first kappa shape index (κ1) is 30.8. The van der Waals surface area contributed by atoms with Crippen molar-refractivity contribution in [1.82, 2.24) is 0 Å². The molecule has 0 N–H and O–H groups in total. The van der Waals surface area contributed by atoms with Crippen LogP contribution in [-0.4, -0.2) is 0 Å². The fraction of sp³-hybridized carbons (Fsp3) is 0.0588. The zero-order valence-electron chi connectivity index (χ0n) is 28.7. The van der Waals surface area contributed by atoms with Gasteiger partial charge in [-0.05, 0) is 121 Å². The fourth-order valence-electron chi connectivity index (χ4n) is 9.08. The van der Waals surface area contributed by atoms with Crippen LogP contribution in [0.1, 0.15) is 33.4 Å². The number of hydrogen-bond donors (Lipinski definition) is 0. The van der Waals surface area contributed by atoms with Gasteiger partial charge in [0.2, 0.25) is 0 Å². The Kier molecular flexibility index (Phi) is 7.34.